The number of H-pyrrole nitrogens is 1. The topological polar surface area (TPSA) is 389 Å². The van der Waals surface area contributed by atoms with Crippen LogP contribution < -0.4 is 119 Å². The van der Waals surface area contributed by atoms with Gasteiger partial charge in [-0.05, 0) is 116 Å². The van der Waals surface area contributed by atoms with Crippen molar-refractivity contribution < 1.29 is 164 Å². The molecule has 0 aliphatic carbocycles. The molecule has 7 aromatic heterocycles. The number of nitrogens with one attached hydrogen (secondary N) is 2. The number of carbonyl (C=O) groups excluding carboxylic acids is 4. The molecule has 0 bridgehead atoms. The van der Waals surface area contributed by atoms with E-state index < -0.39 is 39.8 Å². The minimum Gasteiger partial charge on any atom is -1.00 e. The van der Waals surface area contributed by atoms with Gasteiger partial charge in [-0.25, -0.2) is 14.6 Å². The van der Waals surface area contributed by atoms with E-state index in [9.17, 15) is 49.1 Å². The molecule has 0 unspecified atom stereocenters. The molecule has 0 radical (unpaired) electrons. The van der Waals surface area contributed by atoms with Gasteiger partial charge in [-0.1, -0.05) is 53.0 Å². The van der Waals surface area contributed by atoms with E-state index in [0.717, 1.165) is 66.7 Å². The van der Waals surface area contributed by atoms with Crippen molar-refractivity contribution in [1.82, 2.24) is 49.8 Å². The number of nitrogen functional groups attached to an aromatic ring is 1. The summed E-state index contributed by atoms with van der Waals surface area (Å²) in [6.07, 6.45) is 9.75. The maximum Gasteiger partial charge on any atom is 1.00 e. The third kappa shape index (κ3) is 23.2. The molecule has 10 rings (SSSR count). The minimum atomic E-state index is -1.00. The van der Waals surface area contributed by atoms with Crippen LogP contribution in [0.1, 0.15) is 81.5 Å². The van der Waals surface area contributed by atoms with Gasteiger partial charge in [0, 0.05) is 65.6 Å². The molecule has 7 heterocycles. The number of hydrogen-bond acceptors (Lipinski definition) is 21. The molecule has 0 spiro atoms. The molecule has 0 saturated carbocycles. The molecule has 0 aliphatic rings. The van der Waals surface area contributed by atoms with E-state index >= 15 is 0 Å². The van der Waals surface area contributed by atoms with E-state index in [2.05, 4.69) is 50.2 Å². The third-order valence-electron chi connectivity index (χ3n) is 12.0. The summed E-state index contributed by atoms with van der Waals surface area (Å²) in [6, 6.07) is 24.3. The molecule has 92 heavy (non-hydrogen) atoms. The number of pyridine rings is 4. The van der Waals surface area contributed by atoms with E-state index in [1.807, 2.05) is 67.6 Å². The Kier molecular flexibility index (Phi) is 33.2. The van der Waals surface area contributed by atoms with Crippen LogP contribution in [0.15, 0.2) is 122 Å². The number of hydrogen-bond donors (Lipinski definition) is 3. The van der Waals surface area contributed by atoms with Crippen molar-refractivity contribution >= 4 is 126 Å². The van der Waals surface area contributed by atoms with Crippen LogP contribution in [0.4, 0.5) is 27.3 Å². The summed E-state index contributed by atoms with van der Waals surface area (Å²) >= 11 is 23.5. The van der Waals surface area contributed by atoms with Gasteiger partial charge in [0.05, 0.1) is 80.9 Å². The number of fused-ring (bicyclic) bond motifs is 3. The molecule has 472 valence electrons. The Morgan fingerprint density at radius 1 is 0.728 bits per heavy atom. The molecule has 0 saturated heterocycles. The normalized spacial score (nSPS) is 10.2. The van der Waals surface area contributed by atoms with Gasteiger partial charge in [-0.15, -0.1) is 11.6 Å². The second-order valence-corrected chi connectivity index (χ2v) is 19.7. The Morgan fingerprint density at radius 3 is 1.67 bits per heavy atom. The first-order valence-electron chi connectivity index (χ1n) is 26.5. The summed E-state index contributed by atoms with van der Waals surface area (Å²) in [5.74, 6) is -1.22. The van der Waals surface area contributed by atoms with Gasteiger partial charge in [0.1, 0.15) is 18.2 Å². The standard InChI is InChI=1S/C22H20ClN7O3.C17H14ClN3O4.C10H7Cl2N.C6H7N3O4.CH3F.CH2O3.2K.H/c1-12-5-20(24)27-13(2)17(12)9-26-22(31)21-19(30(32)33)11-29(28-21)10-14-3-4-18-15(6-14)7-16(23)8-25-18;1-2-25-17(22)14-9-20(10-16(14)21(23)24)8-11-3-4-15-12(5-11)6-13(18)7-19-15;11-5-7-1-2-10-8(3-7)4-9(12)6-13-10;1-2-13-6(10)5-4(9(11)12)3-7-8-5;1-2;2-1-4-3;;;/h3-8,11H,9-10H2,1-2H3,(H2,24,27)(H,26,31);3-7,9-10H,2,8H2,1H3;1-4,6H,5H2;3H,2H2,1H3,(H,7,8);1H3;1,3H;;;/q;;;;;;2*+1;-1/p-1/i;;;;1D;;;;. The van der Waals surface area contributed by atoms with Crippen molar-refractivity contribution in [1.29, 1.82) is 0 Å². The molecular formula is C57H53Cl4FK2N14O14. The molecule has 1 amide bonds. The van der Waals surface area contributed by atoms with Crippen molar-refractivity contribution in [3.8, 4) is 0 Å². The fourth-order valence-electron chi connectivity index (χ4n) is 8.21. The van der Waals surface area contributed by atoms with Crippen molar-refractivity contribution in [2.45, 2.75) is 53.2 Å². The number of nitrogens with zero attached hydrogens (tertiary/aromatic N) is 11. The SMILES string of the molecule is CCOC(=O)c1[nH]ncc1[N+](=O)[O-].CCOC(=O)c1cn(Cc2ccc3ncc(Cl)cc3c2)cc1[N+](=O)[O-].Cc1cc(N)nc(C)c1CNC(=O)c1nn(Cc2ccc3ncc(Cl)cc3c2)cc1[N+](=O)[O-].ClCc1ccc2ncc(Cl)cc2c1.O=CO[O-].[2H]CF.[H-].[K+].[K+]. The molecule has 0 atom stereocenters. The number of aromatic amines is 1. The second kappa shape index (κ2) is 39.5. The number of alkyl halides is 2. The number of benzene rings is 3. The molecule has 0 aliphatic heterocycles. The van der Waals surface area contributed by atoms with Gasteiger partial charge >= 0.3 is 132 Å². The van der Waals surface area contributed by atoms with Crippen molar-refractivity contribution in [2.24, 2.45) is 0 Å². The number of ether oxygens (including phenoxy) is 2. The zero-order valence-corrected chi connectivity index (χ0v) is 58.9. The zero-order valence-electron chi connectivity index (χ0n) is 51.7. The van der Waals surface area contributed by atoms with Gasteiger partial charge in [0.15, 0.2) is 5.56 Å². The van der Waals surface area contributed by atoms with Crippen LogP contribution >= 0.6 is 46.4 Å². The Balaban J connectivity index is 0.000000434. The molecule has 3 aromatic carbocycles. The summed E-state index contributed by atoms with van der Waals surface area (Å²) in [7, 11) is -1.00. The molecule has 28 nitrogen and oxygen atoms in total. The van der Waals surface area contributed by atoms with E-state index in [1.165, 1.54) is 23.3 Å². The van der Waals surface area contributed by atoms with E-state index in [1.54, 1.807) is 62.1 Å². The van der Waals surface area contributed by atoms with Crippen LogP contribution in [-0.2, 0) is 44.7 Å². The van der Waals surface area contributed by atoms with Crippen LogP contribution in [0.2, 0.25) is 15.1 Å². The van der Waals surface area contributed by atoms with Crippen LogP contribution in [0.5, 0.6) is 0 Å². The smallest absolute Gasteiger partial charge is 1.00 e. The Morgan fingerprint density at radius 2 is 1.21 bits per heavy atom. The first-order valence-corrected chi connectivity index (χ1v) is 27.5. The van der Waals surface area contributed by atoms with Crippen LogP contribution in [0.25, 0.3) is 32.7 Å². The van der Waals surface area contributed by atoms with Crippen molar-refractivity contribution in [3.63, 3.8) is 0 Å². The molecule has 0 fully saturated rings. The number of nitrogens with two attached hydrogens (primary N) is 1. The largest absolute Gasteiger partial charge is 1.00 e. The fraction of sp³-hybridized carbons (Fsp3) is 0.193. The number of rotatable bonds is 16. The van der Waals surface area contributed by atoms with E-state index in [0.29, 0.717) is 39.0 Å². The first-order chi connectivity index (χ1) is 43.5. The fourth-order valence-corrected chi connectivity index (χ4v) is 8.87. The summed E-state index contributed by atoms with van der Waals surface area (Å²) in [5, 5.41) is 58.4. The van der Waals surface area contributed by atoms with Crippen LogP contribution in [0.3, 0.4) is 0 Å². The summed E-state index contributed by atoms with van der Waals surface area (Å²) in [4.78, 5) is 94.9. The average molecular weight is 1400 g/mol. The predicted octanol–water partition coefficient (Wildman–Crippen LogP) is 4.65. The number of aromatic nitrogens is 9. The Labute approximate surface area is 629 Å². The van der Waals surface area contributed by atoms with E-state index in [-0.39, 0.29) is 171 Å². The second-order valence-electron chi connectivity index (χ2n) is 18.1. The zero-order chi connectivity index (χ0) is 66.9. The number of carbonyl (C=O) groups is 4. The van der Waals surface area contributed by atoms with Crippen LogP contribution in [0, 0.1) is 44.2 Å². The van der Waals surface area contributed by atoms with Crippen molar-refractivity contribution in [2.75, 3.05) is 26.1 Å². The van der Waals surface area contributed by atoms with Crippen molar-refractivity contribution in [3.05, 3.63) is 218 Å². The first kappa shape index (κ1) is 77.4. The molecule has 4 N–H and O–H groups in total. The molecule has 10 aromatic rings. The van der Waals surface area contributed by atoms with Gasteiger partial charge in [-0.3, -0.25) is 69.1 Å². The summed E-state index contributed by atoms with van der Waals surface area (Å²) < 4.78 is 27.9. The van der Waals surface area contributed by atoms with Crippen LogP contribution in [-0.4, -0.2) is 104 Å². The van der Waals surface area contributed by atoms with E-state index in [4.69, 9.17) is 68.3 Å². The monoisotopic (exact) mass is 1400 g/mol. The number of halogens is 5. The maximum absolute atomic E-state index is 12.8. The van der Waals surface area contributed by atoms with Gasteiger partial charge < -0.3 is 36.7 Å². The quantitative estimate of drug-likeness (QED) is 0.0225. The Bertz CT molecular complexity index is 4230. The number of nitro groups is 3. The number of amides is 1. The molecule has 35 heteroatoms. The number of anilines is 1. The number of aryl methyl sites for hydroxylation is 2. The molecular weight excluding hydrogens is 1340 g/mol. The average Bonchev–Trinajstić information content (AvgIpc) is 1.64. The summed E-state index contributed by atoms with van der Waals surface area (Å²) in [6.45, 7) is 7.78. The van der Waals surface area contributed by atoms with Gasteiger partial charge in [0.2, 0.25) is 11.4 Å². The summed E-state index contributed by atoms with van der Waals surface area (Å²) in [5.41, 5.74) is 11.8. The Hall–Kier alpha value is -7.06. The predicted molar refractivity (Wildman–Crippen MR) is 330 cm³/mol. The maximum atomic E-state index is 12.8. The van der Waals surface area contributed by atoms with Gasteiger partial charge in [-0.2, -0.15) is 10.2 Å². The van der Waals surface area contributed by atoms with Gasteiger partial charge in [0.25, 0.3) is 12.4 Å². The minimum absolute atomic E-state index is 0. The number of esters is 2. The third-order valence-corrected chi connectivity index (χ3v) is 13.0.